The maximum Gasteiger partial charge on any atom is 0.417 e. The van der Waals surface area contributed by atoms with Gasteiger partial charge >= 0.3 is 5.76 Å². The number of hydrogen-bond donors (Lipinski definition) is 1. The molecule has 1 fully saturated rings. The van der Waals surface area contributed by atoms with Crippen LogP contribution in [0.15, 0.2) is 33.5 Å². The van der Waals surface area contributed by atoms with Crippen molar-refractivity contribution in [2.24, 2.45) is 0 Å². The van der Waals surface area contributed by atoms with E-state index in [9.17, 15) is 18.0 Å². The summed E-state index contributed by atoms with van der Waals surface area (Å²) in [6.45, 7) is 3.79. The predicted octanol–water partition coefficient (Wildman–Crippen LogP) is 5.59. The number of benzene rings is 2. The Balaban J connectivity index is 1.53. The zero-order chi connectivity index (χ0) is 27.9. The molecule has 2 aliphatic rings. The first kappa shape index (κ1) is 27.6. The van der Waals surface area contributed by atoms with Crippen molar-refractivity contribution in [1.82, 2.24) is 14.8 Å². The molecule has 39 heavy (non-hydrogen) atoms. The van der Waals surface area contributed by atoms with Crippen LogP contribution in [0.2, 0.25) is 0 Å². The van der Waals surface area contributed by atoms with Gasteiger partial charge in [-0.15, -0.1) is 0 Å². The predicted molar refractivity (Wildman–Crippen MR) is 136 cm³/mol. The number of nitrogens with zero attached hydrogens (tertiary/aromatic N) is 2. The van der Waals surface area contributed by atoms with E-state index in [0.717, 1.165) is 12.1 Å². The molecule has 1 aromatic heterocycles. The third-order valence-corrected chi connectivity index (χ3v) is 7.82. The van der Waals surface area contributed by atoms with Crippen molar-refractivity contribution >= 4 is 11.1 Å². The number of fused-ring (bicyclic) bond motifs is 3. The molecule has 5 rings (SSSR count). The normalized spacial score (nSPS) is 22.5. The van der Waals surface area contributed by atoms with Crippen LogP contribution in [-0.2, 0) is 6.42 Å². The van der Waals surface area contributed by atoms with E-state index in [1.807, 2.05) is 4.90 Å². The molecule has 0 amide bonds. The largest absolute Gasteiger partial charge is 0.489 e. The molecule has 0 unspecified atom stereocenters. The molecule has 2 aromatic carbocycles. The van der Waals surface area contributed by atoms with E-state index in [1.54, 1.807) is 19.1 Å². The van der Waals surface area contributed by atoms with E-state index in [4.69, 9.17) is 9.15 Å². The second kappa shape index (κ2) is 10.9. The van der Waals surface area contributed by atoms with Crippen LogP contribution in [0.4, 0.5) is 22.0 Å². The molecule has 0 aliphatic carbocycles. The van der Waals surface area contributed by atoms with Gasteiger partial charge in [0.15, 0.2) is 5.58 Å². The van der Waals surface area contributed by atoms with Gasteiger partial charge in [-0.2, -0.15) is 0 Å². The van der Waals surface area contributed by atoms with Crippen molar-refractivity contribution in [2.75, 3.05) is 32.9 Å². The van der Waals surface area contributed by atoms with Gasteiger partial charge in [0.1, 0.15) is 23.5 Å². The molecule has 0 radical (unpaired) electrons. The minimum absolute atomic E-state index is 0.00712. The highest BCUT2D eigenvalue weighted by molar-refractivity contribution is 5.78. The molecule has 3 heterocycles. The van der Waals surface area contributed by atoms with Crippen LogP contribution in [0, 0.1) is 11.6 Å². The molecule has 6 nitrogen and oxygen atoms in total. The van der Waals surface area contributed by atoms with Crippen LogP contribution >= 0.6 is 0 Å². The highest BCUT2D eigenvalue weighted by Crippen LogP contribution is 2.44. The van der Waals surface area contributed by atoms with Crippen LogP contribution in [0.3, 0.4) is 0 Å². The van der Waals surface area contributed by atoms with Gasteiger partial charge in [0, 0.05) is 55.4 Å². The lowest BCUT2D eigenvalue weighted by atomic mass is 9.83. The fourth-order valence-corrected chi connectivity index (χ4v) is 5.81. The summed E-state index contributed by atoms with van der Waals surface area (Å²) in [5.74, 6) is -5.57. The Hall–Kier alpha value is -2.92. The van der Waals surface area contributed by atoms with Crippen LogP contribution < -0.4 is 10.5 Å². The summed E-state index contributed by atoms with van der Waals surface area (Å²) >= 11 is 0. The second-order valence-electron chi connectivity index (χ2n) is 10.5. The van der Waals surface area contributed by atoms with Crippen LogP contribution in [0.25, 0.3) is 11.1 Å². The summed E-state index contributed by atoms with van der Waals surface area (Å²) in [6.07, 6.45) is 0.590. The highest BCUT2D eigenvalue weighted by atomic mass is 19.3. The van der Waals surface area contributed by atoms with Gasteiger partial charge in [0.05, 0.1) is 24.8 Å². The molecule has 3 atom stereocenters. The number of H-pyrrole nitrogens is 1. The maximum absolute atomic E-state index is 15.8. The molecule has 11 heteroatoms. The SMILES string of the molecule is CCC(F)(F)CN1[C@H](c2c(F)cc(O[C@H]3CCN(CCCF)C3)cc2F)c2ccc3[nH]c(=O)oc3c2C[C@H]1C. The van der Waals surface area contributed by atoms with Crippen LogP contribution in [0.5, 0.6) is 5.75 Å². The van der Waals surface area contributed by atoms with E-state index in [-0.39, 0.29) is 29.4 Å². The van der Waals surface area contributed by atoms with Crippen molar-refractivity contribution in [3.8, 4) is 5.75 Å². The molecule has 0 saturated carbocycles. The first-order valence-corrected chi connectivity index (χ1v) is 13.3. The number of rotatable bonds is 9. The number of oxazole rings is 1. The third kappa shape index (κ3) is 5.56. The molecule has 0 spiro atoms. The number of hydrogen-bond acceptors (Lipinski definition) is 5. The smallest absolute Gasteiger partial charge is 0.417 e. The van der Waals surface area contributed by atoms with E-state index < -0.39 is 55.0 Å². The second-order valence-corrected chi connectivity index (χ2v) is 10.5. The third-order valence-electron chi connectivity index (χ3n) is 7.82. The molecule has 212 valence electrons. The van der Waals surface area contributed by atoms with Crippen LogP contribution in [0.1, 0.15) is 55.8 Å². The number of aromatic amines is 1. The number of alkyl halides is 3. The number of likely N-dealkylation sites (tertiary alicyclic amines) is 1. The number of halogens is 5. The summed E-state index contributed by atoms with van der Waals surface area (Å²) < 4.78 is 84.6. The molecule has 0 bridgehead atoms. The molecular formula is C28H32F5N3O3. The Morgan fingerprint density at radius 3 is 2.64 bits per heavy atom. The fourth-order valence-electron chi connectivity index (χ4n) is 5.81. The molecule has 1 saturated heterocycles. The lowest BCUT2D eigenvalue weighted by Gasteiger charge is -2.43. The Kier molecular flexibility index (Phi) is 7.74. The Morgan fingerprint density at radius 1 is 1.21 bits per heavy atom. The summed E-state index contributed by atoms with van der Waals surface area (Å²) in [5.41, 5.74) is 1.28. The zero-order valence-electron chi connectivity index (χ0n) is 21.9. The van der Waals surface area contributed by atoms with Gasteiger partial charge in [-0.25, -0.2) is 22.4 Å². The number of aromatic nitrogens is 1. The first-order valence-electron chi connectivity index (χ1n) is 13.3. The van der Waals surface area contributed by atoms with Crippen molar-refractivity contribution < 1.29 is 31.1 Å². The van der Waals surface area contributed by atoms with E-state index >= 15 is 8.78 Å². The Labute approximate surface area is 222 Å². The standard InChI is InChI=1S/C28H32F5N3O3/c1-3-28(32,33)15-36-16(2)11-20-19(5-6-23-26(20)39-27(37)34-23)25(36)24-21(30)12-18(13-22(24)31)38-17-7-10-35(14-17)9-4-8-29/h5-6,12-13,16-17,25H,3-4,7-11,14-15H2,1-2H3,(H,34,37)/t16-,17+,25+/m1/s1. The average Bonchev–Trinajstić information content (AvgIpc) is 3.49. The zero-order valence-corrected chi connectivity index (χ0v) is 21.9. The summed E-state index contributed by atoms with van der Waals surface area (Å²) in [7, 11) is 0. The van der Waals surface area contributed by atoms with E-state index in [2.05, 4.69) is 4.98 Å². The van der Waals surface area contributed by atoms with Crippen molar-refractivity contribution in [2.45, 2.75) is 63.6 Å². The average molecular weight is 554 g/mol. The molecule has 3 aromatic rings. The Morgan fingerprint density at radius 2 is 1.95 bits per heavy atom. The van der Waals surface area contributed by atoms with Gasteiger partial charge in [0.2, 0.25) is 0 Å². The molecule has 2 aliphatic heterocycles. The van der Waals surface area contributed by atoms with Gasteiger partial charge < -0.3 is 9.15 Å². The quantitative estimate of drug-likeness (QED) is 0.350. The molecule has 1 N–H and O–H groups in total. The van der Waals surface area contributed by atoms with Gasteiger partial charge in [0.25, 0.3) is 5.92 Å². The minimum Gasteiger partial charge on any atom is -0.489 e. The fraction of sp³-hybridized carbons (Fsp3) is 0.536. The number of ether oxygens (including phenoxy) is 1. The van der Waals surface area contributed by atoms with Crippen LogP contribution in [-0.4, -0.2) is 65.7 Å². The molecular weight excluding hydrogens is 521 g/mol. The van der Waals surface area contributed by atoms with Crippen molar-refractivity contribution in [1.29, 1.82) is 0 Å². The summed E-state index contributed by atoms with van der Waals surface area (Å²) in [5, 5.41) is 0. The maximum atomic E-state index is 15.8. The Bertz CT molecular complexity index is 1370. The van der Waals surface area contributed by atoms with Gasteiger partial charge in [-0.05, 0) is 37.8 Å². The summed E-state index contributed by atoms with van der Waals surface area (Å²) in [6, 6.07) is 3.63. The highest BCUT2D eigenvalue weighted by Gasteiger charge is 2.42. The van der Waals surface area contributed by atoms with Crippen molar-refractivity contribution in [3.05, 3.63) is 63.1 Å². The first-order chi connectivity index (χ1) is 18.6. The van der Waals surface area contributed by atoms with E-state index in [1.165, 1.54) is 11.8 Å². The number of nitrogens with one attached hydrogen (secondary N) is 1. The van der Waals surface area contributed by atoms with E-state index in [0.29, 0.717) is 49.1 Å². The summed E-state index contributed by atoms with van der Waals surface area (Å²) in [4.78, 5) is 17.9. The minimum atomic E-state index is -3.08. The van der Waals surface area contributed by atoms with Gasteiger partial charge in [-0.1, -0.05) is 13.0 Å². The lowest BCUT2D eigenvalue weighted by molar-refractivity contribution is -0.0547. The monoisotopic (exact) mass is 553 g/mol. The topological polar surface area (TPSA) is 61.7 Å². The lowest BCUT2D eigenvalue weighted by Crippen LogP contribution is -2.48. The van der Waals surface area contributed by atoms with Crippen molar-refractivity contribution in [3.63, 3.8) is 0 Å². The van der Waals surface area contributed by atoms with Gasteiger partial charge in [-0.3, -0.25) is 19.2 Å².